The molecular weight excluding hydrogens is 504 g/mol. The molecule has 0 atom stereocenters. The highest BCUT2D eigenvalue weighted by atomic mass is 35.5. The van der Waals surface area contributed by atoms with Gasteiger partial charge >= 0.3 is 0 Å². The van der Waals surface area contributed by atoms with Crippen molar-refractivity contribution in [2.45, 2.75) is 13.3 Å². The van der Waals surface area contributed by atoms with Gasteiger partial charge in [0.1, 0.15) is 5.82 Å². The summed E-state index contributed by atoms with van der Waals surface area (Å²) in [5, 5.41) is 8.95. The predicted molar refractivity (Wildman–Crippen MR) is 137 cm³/mol. The van der Waals surface area contributed by atoms with Crippen molar-refractivity contribution in [3.63, 3.8) is 0 Å². The van der Waals surface area contributed by atoms with Crippen LogP contribution >= 0.6 is 11.6 Å². The monoisotopic (exact) mass is 532 g/mol. The van der Waals surface area contributed by atoms with Crippen molar-refractivity contribution in [1.82, 2.24) is 24.8 Å². The Morgan fingerprint density at radius 2 is 1.86 bits per heavy atom. The molecule has 0 spiro atoms. The van der Waals surface area contributed by atoms with Crippen LogP contribution in [0.15, 0.2) is 22.7 Å². The zero-order valence-corrected chi connectivity index (χ0v) is 21.6. The Bertz CT molecular complexity index is 1190. The number of hydrogen-bond acceptors (Lipinski definition) is 12. The second-order valence-corrected chi connectivity index (χ2v) is 8.43. The number of morpholine rings is 1. The second kappa shape index (κ2) is 12.5. The molecule has 1 fully saturated rings. The maximum absolute atomic E-state index is 12.9. The van der Waals surface area contributed by atoms with Crippen LogP contribution < -0.4 is 25.4 Å². The Morgan fingerprint density at radius 1 is 1.14 bits per heavy atom. The van der Waals surface area contributed by atoms with Crippen LogP contribution in [-0.2, 0) is 4.74 Å². The second-order valence-electron chi connectivity index (χ2n) is 8.09. The smallest absolute Gasteiger partial charge is 0.291 e. The number of ether oxygens (including phenoxy) is 3. The van der Waals surface area contributed by atoms with Crippen LogP contribution in [0.25, 0.3) is 0 Å². The van der Waals surface area contributed by atoms with E-state index in [1.54, 1.807) is 12.3 Å². The zero-order chi connectivity index (χ0) is 26.2. The molecule has 4 rings (SSSR count). The van der Waals surface area contributed by atoms with Crippen molar-refractivity contribution in [2.24, 2.45) is 0 Å². The third-order valence-corrected chi connectivity index (χ3v) is 5.70. The van der Waals surface area contributed by atoms with E-state index in [0.29, 0.717) is 24.2 Å². The van der Waals surface area contributed by atoms with Crippen molar-refractivity contribution in [3.05, 3.63) is 34.9 Å². The summed E-state index contributed by atoms with van der Waals surface area (Å²) in [5.41, 5.74) is 0.936. The van der Waals surface area contributed by atoms with Crippen LogP contribution in [0.2, 0.25) is 5.28 Å². The number of halogens is 1. The molecule has 0 aromatic carbocycles. The van der Waals surface area contributed by atoms with Gasteiger partial charge in [-0.1, -0.05) is 0 Å². The van der Waals surface area contributed by atoms with Crippen LogP contribution in [0, 0.1) is 6.92 Å². The SMILES string of the molecule is COc1nc(NCCCN2CCOCC2)nc(OC)c1NC(=O)c1ccc(Nc2nc(Cl)ncc2C)o1. The lowest BCUT2D eigenvalue weighted by atomic mass is 10.3. The van der Waals surface area contributed by atoms with Crippen molar-refractivity contribution >= 4 is 40.8 Å². The highest BCUT2D eigenvalue weighted by Crippen LogP contribution is 2.33. The molecule has 0 bridgehead atoms. The molecule has 14 heteroatoms. The number of nitrogens with one attached hydrogen (secondary N) is 3. The van der Waals surface area contributed by atoms with E-state index < -0.39 is 5.91 Å². The molecule has 3 aromatic rings. The van der Waals surface area contributed by atoms with E-state index in [2.05, 4.69) is 40.8 Å². The van der Waals surface area contributed by atoms with Gasteiger partial charge in [0, 0.05) is 37.5 Å². The number of anilines is 4. The third kappa shape index (κ3) is 6.96. The van der Waals surface area contributed by atoms with Crippen LogP contribution in [0.3, 0.4) is 0 Å². The number of carbonyl (C=O) groups excluding carboxylic acids is 1. The van der Waals surface area contributed by atoms with E-state index in [4.69, 9.17) is 30.2 Å². The Morgan fingerprint density at radius 3 is 2.57 bits per heavy atom. The van der Waals surface area contributed by atoms with Gasteiger partial charge in [-0.05, 0) is 37.6 Å². The summed E-state index contributed by atoms with van der Waals surface area (Å²) in [6, 6.07) is 3.11. The number of carbonyl (C=O) groups is 1. The standard InChI is InChI=1S/C23H29ClN8O5/c1-14-13-26-22(24)29-18(14)27-16-6-5-15(37-16)19(33)28-17-20(34-2)30-23(31-21(17)35-3)25-7-4-8-32-9-11-36-12-10-32/h5-6,13H,4,7-12H2,1-3H3,(H,28,33)(H,25,30,31)(H,26,27,29). The quantitative estimate of drug-likeness (QED) is 0.246. The summed E-state index contributed by atoms with van der Waals surface area (Å²) in [5.74, 6) is 0.878. The van der Waals surface area contributed by atoms with Gasteiger partial charge in [0.15, 0.2) is 17.3 Å². The normalized spacial score (nSPS) is 13.7. The summed E-state index contributed by atoms with van der Waals surface area (Å²) in [4.78, 5) is 32.0. The molecule has 3 aromatic heterocycles. The Balaban J connectivity index is 1.39. The fourth-order valence-corrected chi connectivity index (χ4v) is 3.73. The summed E-state index contributed by atoms with van der Waals surface area (Å²) in [7, 11) is 2.90. The number of nitrogens with zero attached hydrogens (tertiary/aromatic N) is 5. The van der Waals surface area contributed by atoms with Gasteiger partial charge in [0.2, 0.25) is 23.0 Å². The van der Waals surface area contributed by atoms with Crippen LogP contribution in [0.4, 0.5) is 23.3 Å². The molecular formula is C23H29ClN8O5. The molecule has 0 unspecified atom stereocenters. The van der Waals surface area contributed by atoms with E-state index in [0.717, 1.165) is 44.8 Å². The minimum absolute atomic E-state index is 0.0368. The number of rotatable bonds is 11. The largest absolute Gasteiger partial charge is 0.479 e. The Kier molecular flexibility index (Phi) is 8.93. The Hall–Kier alpha value is -3.68. The van der Waals surface area contributed by atoms with Crippen LogP contribution in [0.5, 0.6) is 11.8 Å². The van der Waals surface area contributed by atoms with Gasteiger partial charge in [-0.25, -0.2) is 9.97 Å². The van der Waals surface area contributed by atoms with Gasteiger partial charge in [-0.3, -0.25) is 9.69 Å². The van der Waals surface area contributed by atoms with Gasteiger partial charge in [-0.15, -0.1) is 0 Å². The molecule has 1 aliphatic heterocycles. The first-order chi connectivity index (χ1) is 18.0. The molecule has 37 heavy (non-hydrogen) atoms. The molecule has 3 N–H and O–H groups in total. The molecule has 1 aliphatic rings. The molecule has 0 saturated carbocycles. The summed E-state index contributed by atoms with van der Waals surface area (Å²) >= 11 is 5.86. The minimum Gasteiger partial charge on any atom is -0.479 e. The lowest BCUT2D eigenvalue weighted by molar-refractivity contribution is 0.0378. The van der Waals surface area contributed by atoms with Gasteiger partial charge in [-0.2, -0.15) is 9.97 Å². The molecule has 4 heterocycles. The Labute approximate surface area is 218 Å². The highest BCUT2D eigenvalue weighted by Gasteiger charge is 2.21. The molecule has 0 aliphatic carbocycles. The molecule has 198 valence electrons. The van der Waals surface area contributed by atoms with E-state index in [9.17, 15) is 4.79 Å². The maximum Gasteiger partial charge on any atom is 0.291 e. The highest BCUT2D eigenvalue weighted by molar-refractivity contribution is 6.28. The van der Waals surface area contributed by atoms with Crippen molar-refractivity contribution in [2.75, 3.05) is 69.6 Å². The third-order valence-electron chi connectivity index (χ3n) is 5.52. The van der Waals surface area contributed by atoms with Gasteiger partial charge in [0.05, 0.1) is 27.4 Å². The predicted octanol–water partition coefficient (Wildman–Crippen LogP) is 2.97. The fourth-order valence-electron chi connectivity index (χ4n) is 3.60. The molecule has 1 amide bonds. The lowest BCUT2D eigenvalue weighted by Gasteiger charge is -2.26. The number of aromatic nitrogens is 4. The molecule has 13 nitrogen and oxygen atoms in total. The van der Waals surface area contributed by atoms with Crippen LogP contribution in [-0.4, -0.2) is 84.4 Å². The maximum atomic E-state index is 12.9. The summed E-state index contributed by atoms with van der Waals surface area (Å²) < 4.78 is 21.8. The number of furan rings is 1. The first-order valence-corrected chi connectivity index (χ1v) is 12.1. The first kappa shape index (κ1) is 26.4. The van der Waals surface area contributed by atoms with E-state index in [1.165, 1.54) is 20.3 Å². The van der Waals surface area contributed by atoms with Gasteiger partial charge < -0.3 is 34.6 Å². The molecule has 0 radical (unpaired) electrons. The van der Waals surface area contributed by atoms with Crippen molar-refractivity contribution < 1.29 is 23.4 Å². The average Bonchev–Trinajstić information content (AvgIpc) is 3.38. The number of methoxy groups -OCH3 is 2. The summed E-state index contributed by atoms with van der Waals surface area (Å²) in [6.07, 6.45) is 2.48. The number of amides is 1. The minimum atomic E-state index is -0.545. The van der Waals surface area contributed by atoms with Crippen LogP contribution in [0.1, 0.15) is 22.5 Å². The zero-order valence-electron chi connectivity index (χ0n) is 20.8. The number of aryl methyl sites for hydroxylation is 1. The number of hydrogen-bond donors (Lipinski definition) is 3. The van der Waals surface area contributed by atoms with E-state index in [1.807, 2.05) is 6.92 Å². The first-order valence-electron chi connectivity index (χ1n) is 11.7. The summed E-state index contributed by atoms with van der Waals surface area (Å²) in [6.45, 7) is 6.84. The van der Waals surface area contributed by atoms with Crippen molar-refractivity contribution in [1.29, 1.82) is 0 Å². The lowest BCUT2D eigenvalue weighted by Crippen LogP contribution is -2.37. The van der Waals surface area contributed by atoms with Gasteiger partial charge in [0.25, 0.3) is 5.91 Å². The fraction of sp³-hybridized carbons (Fsp3) is 0.435. The molecule has 1 saturated heterocycles. The van der Waals surface area contributed by atoms with E-state index >= 15 is 0 Å². The van der Waals surface area contributed by atoms with Crippen molar-refractivity contribution in [3.8, 4) is 11.8 Å². The topological polar surface area (TPSA) is 149 Å². The average molecular weight is 533 g/mol. The van der Waals surface area contributed by atoms with E-state index in [-0.39, 0.29) is 28.5 Å².